The number of hydrogen-bond acceptors (Lipinski definition) is 4. The minimum Gasteiger partial charge on any atom is -0.397 e. The van der Waals surface area contributed by atoms with Crippen molar-refractivity contribution in [3.8, 4) is 0 Å². The van der Waals surface area contributed by atoms with Gasteiger partial charge >= 0.3 is 0 Å². The van der Waals surface area contributed by atoms with Gasteiger partial charge in [-0.2, -0.15) is 0 Å². The Labute approximate surface area is 124 Å². The van der Waals surface area contributed by atoms with E-state index in [1.165, 1.54) is 6.92 Å². The van der Waals surface area contributed by atoms with Gasteiger partial charge in [0.05, 0.1) is 11.4 Å². The molecule has 1 aromatic carbocycles. The average Bonchev–Trinajstić information content (AvgIpc) is 2.86. The molecule has 0 bridgehead atoms. The van der Waals surface area contributed by atoms with E-state index in [4.69, 9.17) is 5.73 Å². The van der Waals surface area contributed by atoms with Gasteiger partial charge in [0, 0.05) is 39.0 Å². The third-order valence-electron chi connectivity index (χ3n) is 3.57. The van der Waals surface area contributed by atoms with Crippen LogP contribution in [-0.2, 0) is 9.59 Å². The summed E-state index contributed by atoms with van der Waals surface area (Å²) in [7, 11) is 0. The molecular formula is C15H22N4O2. The molecule has 1 aromatic rings. The second kappa shape index (κ2) is 7.08. The Balaban J connectivity index is 1.73. The molecule has 114 valence electrons. The fraction of sp³-hybridized carbons (Fsp3) is 0.467. The largest absolute Gasteiger partial charge is 0.397 e. The Kier molecular flexibility index (Phi) is 5.16. The molecule has 4 N–H and O–H groups in total. The highest BCUT2D eigenvalue weighted by atomic mass is 16.2. The Hall–Kier alpha value is -2.08. The lowest BCUT2D eigenvalue weighted by Crippen LogP contribution is -2.36. The van der Waals surface area contributed by atoms with Crippen LogP contribution in [0.2, 0.25) is 0 Å². The second-order valence-electron chi connectivity index (χ2n) is 5.37. The van der Waals surface area contributed by atoms with Gasteiger partial charge in [0.2, 0.25) is 11.8 Å². The van der Waals surface area contributed by atoms with Crippen LogP contribution in [0, 0.1) is 0 Å². The van der Waals surface area contributed by atoms with Crippen molar-refractivity contribution in [1.29, 1.82) is 0 Å². The van der Waals surface area contributed by atoms with Crippen molar-refractivity contribution in [2.45, 2.75) is 25.8 Å². The predicted molar refractivity (Wildman–Crippen MR) is 82.8 cm³/mol. The van der Waals surface area contributed by atoms with E-state index in [1.807, 2.05) is 12.1 Å². The number of hydrogen-bond donors (Lipinski definition) is 3. The SMILES string of the molecule is CC(=O)NC1CCN(CCC(=O)Nc2ccccc2N)C1. The van der Waals surface area contributed by atoms with Gasteiger partial charge < -0.3 is 21.3 Å². The van der Waals surface area contributed by atoms with Crippen LogP contribution < -0.4 is 16.4 Å². The fourth-order valence-corrected chi connectivity index (χ4v) is 2.52. The summed E-state index contributed by atoms with van der Waals surface area (Å²) in [6.07, 6.45) is 1.36. The highest BCUT2D eigenvalue weighted by molar-refractivity contribution is 5.93. The minimum absolute atomic E-state index is 0.000791. The summed E-state index contributed by atoms with van der Waals surface area (Å²) < 4.78 is 0. The van der Waals surface area contributed by atoms with Crippen molar-refractivity contribution in [3.63, 3.8) is 0 Å². The molecule has 0 radical (unpaired) electrons. The van der Waals surface area contributed by atoms with E-state index >= 15 is 0 Å². The molecule has 21 heavy (non-hydrogen) atoms. The average molecular weight is 290 g/mol. The van der Waals surface area contributed by atoms with Crippen LogP contribution in [0.15, 0.2) is 24.3 Å². The topological polar surface area (TPSA) is 87.5 Å². The smallest absolute Gasteiger partial charge is 0.225 e. The van der Waals surface area contributed by atoms with E-state index in [9.17, 15) is 9.59 Å². The summed E-state index contributed by atoms with van der Waals surface area (Å²) in [6, 6.07) is 7.42. The first-order valence-corrected chi connectivity index (χ1v) is 7.18. The summed E-state index contributed by atoms with van der Waals surface area (Å²) in [4.78, 5) is 25.1. The zero-order chi connectivity index (χ0) is 15.2. The van der Waals surface area contributed by atoms with Gasteiger partial charge in [0.1, 0.15) is 0 Å². The molecule has 2 amide bonds. The number of nitrogens with zero attached hydrogens (tertiary/aromatic N) is 1. The molecule has 0 spiro atoms. The van der Waals surface area contributed by atoms with Gasteiger partial charge in [-0.15, -0.1) is 0 Å². The minimum atomic E-state index is -0.0455. The lowest BCUT2D eigenvalue weighted by atomic mass is 10.2. The molecular weight excluding hydrogens is 268 g/mol. The lowest BCUT2D eigenvalue weighted by molar-refractivity contribution is -0.119. The summed E-state index contributed by atoms with van der Waals surface area (Å²) in [5, 5.41) is 5.73. The quantitative estimate of drug-likeness (QED) is 0.700. The van der Waals surface area contributed by atoms with Crippen LogP contribution in [-0.4, -0.2) is 42.4 Å². The number of rotatable bonds is 5. The van der Waals surface area contributed by atoms with E-state index in [2.05, 4.69) is 15.5 Å². The standard InChI is InChI=1S/C15H22N4O2/c1-11(20)17-12-6-8-19(10-12)9-7-15(21)18-14-5-3-2-4-13(14)16/h2-5,12H,6-10,16H2,1H3,(H,17,20)(H,18,21). The van der Waals surface area contributed by atoms with Gasteiger partial charge in [0.25, 0.3) is 0 Å². The zero-order valence-electron chi connectivity index (χ0n) is 12.3. The third-order valence-corrected chi connectivity index (χ3v) is 3.57. The number of carbonyl (C=O) groups is 2. The van der Waals surface area contributed by atoms with E-state index in [0.29, 0.717) is 24.3 Å². The van der Waals surface area contributed by atoms with E-state index < -0.39 is 0 Å². The Morgan fingerprint density at radius 2 is 2.14 bits per heavy atom. The number of carbonyl (C=O) groups excluding carboxylic acids is 2. The van der Waals surface area contributed by atoms with Crippen molar-refractivity contribution in [1.82, 2.24) is 10.2 Å². The first kappa shape index (κ1) is 15.3. The summed E-state index contributed by atoms with van der Waals surface area (Å²) in [5.74, 6) is -0.0463. The van der Waals surface area contributed by atoms with E-state index in [0.717, 1.165) is 19.5 Å². The van der Waals surface area contributed by atoms with Gasteiger partial charge in [-0.25, -0.2) is 0 Å². The maximum Gasteiger partial charge on any atom is 0.225 e. The van der Waals surface area contributed by atoms with Crippen molar-refractivity contribution < 1.29 is 9.59 Å². The van der Waals surface area contributed by atoms with E-state index in [-0.39, 0.29) is 17.9 Å². The number of nitrogens with two attached hydrogens (primary N) is 1. The molecule has 1 fully saturated rings. The number of benzene rings is 1. The lowest BCUT2D eigenvalue weighted by Gasteiger charge is -2.16. The van der Waals surface area contributed by atoms with Crippen LogP contribution in [0.1, 0.15) is 19.8 Å². The molecule has 1 heterocycles. The molecule has 1 atom stereocenters. The summed E-state index contributed by atoms with van der Waals surface area (Å²) in [6.45, 7) is 3.93. The molecule has 6 nitrogen and oxygen atoms in total. The van der Waals surface area contributed by atoms with Crippen LogP contribution in [0.4, 0.5) is 11.4 Å². The molecule has 1 aliphatic heterocycles. The Morgan fingerprint density at radius 3 is 2.86 bits per heavy atom. The highest BCUT2D eigenvalue weighted by Crippen LogP contribution is 2.17. The molecule has 1 saturated heterocycles. The summed E-state index contributed by atoms with van der Waals surface area (Å²) in [5.41, 5.74) is 7.01. The number of amides is 2. The van der Waals surface area contributed by atoms with Crippen molar-refractivity contribution in [3.05, 3.63) is 24.3 Å². The third kappa shape index (κ3) is 4.75. The maximum absolute atomic E-state index is 11.9. The zero-order valence-corrected chi connectivity index (χ0v) is 12.3. The van der Waals surface area contributed by atoms with Crippen LogP contribution in [0.25, 0.3) is 0 Å². The fourth-order valence-electron chi connectivity index (χ4n) is 2.52. The van der Waals surface area contributed by atoms with Crippen LogP contribution in [0.3, 0.4) is 0 Å². The van der Waals surface area contributed by atoms with Crippen LogP contribution >= 0.6 is 0 Å². The molecule has 0 aliphatic carbocycles. The normalized spacial score (nSPS) is 18.4. The van der Waals surface area contributed by atoms with Gasteiger partial charge in [-0.1, -0.05) is 12.1 Å². The van der Waals surface area contributed by atoms with Crippen molar-refractivity contribution in [2.75, 3.05) is 30.7 Å². The van der Waals surface area contributed by atoms with Crippen LogP contribution in [0.5, 0.6) is 0 Å². The predicted octanol–water partition coefficient (Wildman–Crippen LogP) is 0.808. The van der Waals surface area contributed by atoms with Gasteiger partial charge in [0.15, 0.2) is 0 Å². The number of likely N-dealkylation sites (tertiary alicyclic amines) is 1. The molecule has 2 rings (SSSR count). The molecule has 1 unspecified atom stereocenters. The first-order chi connectivity index (χ1) is 10.0. The number of nitrogens with one attached hydrogen (secondary N) is 2. The Bertz CT molecular complexity index is 518. The number of nitrogen functional groups attached to an aromatic ring is 1. The molecule has 0 aromatic heterocycles. The molecule has 0 saturated carbocycles. The molecule has 6 heteroatoms. The van der Waals surface area contributed by atoms with Gasteiger partial charge in [-0.05, 0) is 18.6 Å². The van der Waals surface area contributed by atoms with Crippen molar-refractivity contribution in [2.24, 2.45) is 0 Å². The van der Waals surface area contributed by atoms with Crippen molar-refractivity contribution >= 4 is 23.2 Å². The molecule has 1 aliphatic rings. The highest BCUT2D eigenvalue weighted by Gasteiger charge is 2.23. The Morgan fingerprint density at radius 1 is 1.38 bits per heavy atom. The maximum atomic E-state index is 11.9. The number of para-hydroxylation sites is 2. The summed E-state index contributed by atoms with van der Waals surface area (Å²) >= 11 is 0. The van der Waals surface area contributed by atoms with Gasteiger partial charge in [-0.3, -0.25) is 9.59 Å². The monoisotopic (exact) mass is 290 g/mol. The first-order valence-electron chi connectivity index (χ1n) is 7.18. The number of anilines is 2. The van der Waals surface area contributed by atoms with E-state index in [1.54, 1.807) is 12.1 Å². The second-order valence-corrected chi connectivity index (χ2v) is 5.37.